The van der Waals surface area contributed by atoms with E-state index >= 15 is 0 Å². The Kier molecular flexibility index (Phi) is 4.89. The molecule has 0 saturated carbocycles. The summed E-state index contributed by atoms with van der Waals surface area (Å²) in [7, 11) is 0. The average Bonchev–Trinajstić information content (AvgIpc) is 2.71. The second kappa shape index (κ2) is 7.64. The molecule has 0 aliphatic heterocycles. The molecule has 0 radical (unpaired) electrons. The Morgan fingerprint density at radius 1 is 1.14 bits per heavy atom. The Labute approximate surface area is 161 Å². The molecule has 7 heteroatoms. The topological polar surface area (TPSA) is 108 Å². The Morgan fingerprint density at radius 2 is 1.96 bits per heavy atom. The monoisotopic (exact) mass is 376 g/mol. The van der Waals surface area contributed by atoms with Crippen molar-refractivity contribution in [2.24, 2.45) is 0 Å². The lowest BCUT2D eigenvalue weighted by Gasteiger charge is -2.17. The third-order valence-corrected chi connectivity index (χ3v) is 4.95. The number of anilines is 1. The third kappa shape index (κ3) is 3.78. The van der Waals surface area contributed by atoms with E-state index in [1.165, 1.54) is 18.3 Å². The highest BCUT2D eigenvalue weighted by Gasteiger charge is 2.18. The van der Waals surface area contributed by atoms with Crippen molar-refractivity contribution in [1.29, 1.82) is 0 Å². The molecule has 0 spiro atoms. The summed E-state index contributed by atoms with van der Waals surface area (Å²) < 4.78 is 0. The van der Waals surface area contributed by atoms with E-state index in [2.05, 4.69) is 20.5 Å². The molecule has 2 aromatic heterocycles. The van der Waals surface area contributed by atoms with Gasteiger partial charge >= 0.3 is 0 Å². The van der Waals surface area contributed by atoms with Crippen LogP contribution in [0.3, 0.4) is 0 Å². The van der Waals surface area contributed by atoms with E-state index in [9.17, 15) is 14.7 Å². The van der Waals surface area contributed by atoms with E-state index in [1.807, 2.05) is 24.3 Å². The van der Waals surface area contributed by atoms with Crippen molar-refractivity contribution in [3.8, 4) is 5.88 Å². The van der Waals surface area contributed by atoms with Gasteiger partial charge in [-0.3, -0.25) is 9.59 Å². The van der Waals surface area contributed by atoms with E-state index in [4.69, 9.17) is 0 Å². The second-order valence-corrected chi connectivity index (χ2v) is 6.90. The molecule has 7 nitrogen and oxygen atoms in total. The Hall–Kier alpha value is -3.48. The first-order chi connectivity index (χ1) is 13.6. The maximum Gasteiger partial charge on any atom is 0.267 e. The first kappa shape index (κ1) is 17.9. The van der Waals surface area contributed by atoms with Crippen molar-refractivity contribution >= 4 is 11.6 Å². The fraction of sp³-hybridized carbons (Fsp3) is 0.238. The Morgan fingerprint density at radius 3 is 2.75 bits per heavy atom. The average molecular weight is 376 g/mol. The smallest absolute Gasteiger partial charge is 0.267 e. The van der Waals surface area contributed by atoms with E-state index in [0.717, 1.165) is 48.1 Å². The molecular formula is C21H20N4O3. The zero-order valence-corrected chi connectivity index (χ0v) is 15.2. The van der Waals surface area contributed by atoms with Crippen LogP contribution in [-0.2, 0) is 19.3 Å². The number of hydrogen-bond acceptors (Lipinski definition) is 5. The van der Waals surface area contributed by atoms with Gasteiger partial charge in [0.05, 0.1) is 11.3 Å². The molecule has 0 atom stereocenters. The van der Waals surface area contributed by atoms with Crippen LogP contribution in [-0.4, -0.2) is 26.2 Å². The van der Waals surface area contributed by atoms with Gasteiger partial charge in [-0.2, -0.15) is 5.10 Å². The number of fused-ring (bicyclic) bond motifs is 1. The molecule has 142 valence electrons. The van der Waals surface area contributed by atoms with Gasteiger partial charge in [-0.15, -0.1) is 0 Å². The first-order valence-corrected chi connectivity index (χ1v) is 9.25. The highest BCUT2D eigenvalue weighted by Crippen LogP contribution is 2.23. The Bertz CT molecular complexity index is 1070. The van der Waals surface area contributed by atoms with E-state index in [-0.39, 0.29) is 17.3 Å². The number of amides is 1. The maximum atomic E-state index is 12.3. The molecule has 1 aromatic carbocycles. The van der Waals surface area contributed by atoms with Crippen LogP contribution < -0.4 is 10.9 Å². The summed E-state index contributed by atoms with van der Waals surface area (Å²) in [5.74, 6) is -0.431. The molecule has 0 bridgehead atoms. The number of benzene rings is 1. The van der Waals surface area contributed by atoms with Gasteiger partial charge in [-0.05, 0) is 55.0 Å². The fourth-order valence-corrected chi connectivity index (χ4v) is 3.55. The van der Waals surface area contributed by atoms with Crippen LogP contribution in [0.2, 0.25) is 0 Å². The van der Waals surface area contributed by atoms with Crippen molar-refractivity contribution < 1.29 is 9.90 Å². The highest BCUT2D eigenvalue weighted by atomic mass is 16.3. The lowest BCUT2D eigenvalue weighted by atomic mass is 9.90. The fourth-order valence-electron chi connectivity index (χ4n) is 3.55. The quantitative estimate of drug-likeness (QED) is 0.649. The second-order valence-electron chi connectivity index (χ2n) is 6.90. The molecule has 1 aliphatic carbocycles. The SMILES string of the molecule is O=C(Nc1cccc(Cc2n[nH]c(=O)c3c2CCCC3)c1)c1ccc(O)nc1. The zero-order chi connectivity index (χ0) is 19.5. The lowest BCUT2D eigenvalue weighted by molar-refractivity contribution is 0.102. The maximum absolute atomic E-state index is 12.3. The largest absolute Gasteiger partial charge is 0.493 e. The predicted molar refractivity (Wildman–Crippen MR) is 105 cm³/mol. The Balaban J connectivity index is 1.54. The van der Waals surface area contributed by atoms with Gasteiger partial charge in [-0.1, -0.05) is 12.1 Å². The number of rotatable bonds is 4. The standard InChI is InChI=1S/C21H20N4O3/c26-19-9-8-14(12-22-19)20(27)23-15-5-3-4-13(10-15)11-18-16-6-1-2-7-17(16)21(28)25-24-18/h3-5,8-10,12H,1-2,6-7,11H2,(H,22,26)(H,23,27)(H,25,28). The first-order valence-electron chi connectivity index (χ1n) is 9.25. The minimum atomic E-state index is -0.302. The molecular weight excluding hydrogens is 356 g/mol. The van der Waals surface area contributed by atoms with Gasteiger partial charge in [0.15, 0.2) is 0 Å². The highest BCUT2D eigenvalue weighted by molar-refractivity contribution is 6.04. The van der Waals surface area contributed by atoms with Crippen LogP contribution in [0.15, 0.2) is 47.4 Å². The van der Waals surface area contributed by atoms with Gasteiger partial charge in [0.1, 0.15) is 0 Å². The van der Waals surface area contributed by atoms with Gasteiger partial charge in [0.25, 0.3) is 11.5 Å². The lowest BCUT2D eigenvalue weighted by Crippen LogP contribution is -2.23. The summed E-state index contributed by atoms with van der Waals surface area (Å²) in [6.45, 7) is 0. The number of nitrogens with one attached hydrogen (secondary N) is 2. The number of H-pyrrole nitrogens is 1. The molecule has 0 unspecified atom stereocenters. The summed E-state index contributed by atoms with van der Waals surface area (Å²) in [4.78, 5) is 28.1. The molecule has 2 heterocycles. The van der Waals surface area contributed by atoms with E-state index in [1.54, 1.807) is 0 Å². The third-order valence-electron chi connectivity index (χ3n) is 4.95. The summed E-state index contributed by atoms with van der Waals surface area (Å²) in [6, 6.07) is 10.4. The number of carbonyl (C=O) groups excluding carboxylic acids is 1. The predicted octanol–water partition coefficient (Wildman–Crippen LogP) is 2.59. The summed E-state index contributed by atoms with van der Waals surface area (Å²) in [6.07, 6.45) is 5.70. The molecule has 1 aliphatic rings. The molecule has 3 N–H and O–H groups in total. The van der Waals surface area contributed by atoms with Crippen LogP contribution >= 0.6 is 0 Å². The number of aromatic nitrogens is 3. The summed E-state index contributed by atoms with van der Waals surface area (Å²) >= 11 is 0. The van der Waals surface area contributed by atoms with Crippen molar-refractivity contribution in [2.45, 2.75) is 32.1 Å². The van der Waals surface area contributed by atoms with Crippen molar-refractivity contribution in [3.05, 3.63) is 80.9 Å². The van der Waals surface area contributed by atoms with Crippen molar-refractivity contribution in [3.63, 3.8) is 0 Å². The van der Waals surface area contributed by atoms with Crippen LogP contribution in [0.25, 0.3) is 0 Å². The van der Waals surface area contributed by atoms with Gasteiger partial charge in [0, 0.05) is 29.9 Å². The minimum absolute atomic E-state index is 0.0815. The molecule has 3 aromatic rings. The number of aromatic amines is 1. The molecule has 0 saturated heterocycles. The van der Waals surface area contributed by atoms with Crippen molar-refractivity contribution in [2.75, 3.05) is 5.32 Å². The van der Waals surface area contributed by atoms with E-state index < -0.39 is 0 Å². The number of nitrogens with zero attached hydrogens (tertiary/aromatic N) is 2. The minimum Gasteiger partial charge on any atom is -0.493 e. The van der Waals surface area contributed by atoms with Gasteiger partial charge in [0.2, 0.25) is 5.88 Å². The molecule has 28 heavy (non-hydrogen) atoms. The van der Waals surface area contributed by atoms with Crippen LogP contribution in [0, 0.1) is 0 Å². The number of aromatic hydroxyl groups is 1. The summed E-state index contributed by atoms with van der Waals surface area (Å²) in [5, 5.41) is 19.0. The zero-order valence-electron chi connectivity index (χ0n) is 15.2. The summed E-state index contributed by atoms with van der Waals surface area (Å²) in [5.41, 5.74) is 4.75. The van der Waals surface area contributed by atoms with E-state index in [0.29, 0.717) is 17.7 Å². The van der Waals surface area contributed by atoms with Crippen molar-refractivity contribution in [1.82, 2.24) is 15.2 Å². The number of pyridine rings is 1. The number of hydrogen-bond donors (Lipinski definition) is 3. The molecule has 4 rings (SSSR count). The van der Waals surface area contributed by atoms with Crippen LogP contribution in [0.1, 0.15) is 45.6 Å². The van der Waals surface area contributed by atoms with Crippen LogP contribution in [0.4, 0.5) is 5.69 Å². The molecule has 0 fully saturated rings. The van der Waals surface area contributed by atoms with Gasteiger partial charge in [-0.25, -0.2) is 10.1 Å². The number of carbonyl (C=O) groups is 1. The normalized spacial score (nSPS) is 13.0. The van der Waals surface area contributed by atoms with Crippen LogP contribution in [0.5, 0.6) is 5.88 Å². The van der Waals surface area contributed by atoms with Gasteiger partial charge < -0.3 is 10.4 Å². The molecule has 1 amide bonds.